The zero-order valence-electron chi connectivity index (χ0n) is 9.41. The summed E-state index contributed by atoms with van der Waals surface area (Å²) in [4.78, 5) is 5.34. The molecule has 1 fully saturated rings. The first-order valence-electron chi connectivity index (χ1n) is 5.37. The van der Waals surface area contributed by atoms with E-state index >= 15 is 0 Å². The van der Waals surface area contributed by atoms with Gasteiger partial charge in [0.2, 0.25) is 5.96 Å². The summed E-state index contributed by atoms with van der Waals surface area (Å²) in [7, 11) is 0. The third kappa shape index (κ3) is 3.08. The van der Waals surface area contributed by atoms with E-state index in [1.165, 1.54) is 4.90 Å². The number of halogens is 3. The molecule has 0 spiro atoms. The third-order valence-corrected chi connectivity index (χ3v) is 2.85. The van der Waals surface area contributed by atoms with Gasteiger partial charge in [-0.25, -0.2) is 19.3 Å². The SMILES string of the molecule is ONC(=Nc1cccc(Cl)c1)N1CCC(F)(F)C1. The summed E-state index contributed by atoms with van der Waals surface area (Å²) in [5.41, 5.74) is 2.33. The molecule has 0 bridgehead atoms. The molecule has 1 heterocycles. The van der Waals surface area contributed by atoms with Crippen LogP contribution in [0, 0.1) is 0 Å². The average molecular weight is 276 g/mol. The van der Waals surface area contributed by atoms with Crippen molar-refractivity contribution in [3.05, 3.63) is 29.3 Å². The number of hydroxylamine groups is 1. The fraction of sp³-hybridized carbons (Fsp3) is 0.364. The van der Waals surface area contributed by atoms with E-state index in [1.807, 2.05) is 5.48 Å². The van der Waals surface area contributed by atoms with Gasteiger partial charge in [-0.15, -0.1) is 0 Å². The lowest BCUT2D eigenvalue weighted by atomic mass is 10.3. The first-order chi connectivity index (χ1) is 8.50. The highest BCUT2D eigenvalue weighted by atomic mass is 35.5. The second-order valence-corrected chi connectivity index (χ2v) is 4.49. The summed E-state index contributed by atoms with van der Waals surface area (Å²) in [5.74, 6) is -2.75. The number of rotatable bonds is 1. The maximum absolute atomic E-state index is 13.1. The number of hydrogen-bond donors (Lipinski definition) is 2. The Bertz CT molecular complexity index is 467. The number of nitrogens with zero attached hydrogens (tertiary/aromatic N) is 2. The van der Waals surface area contributed by atoms with Crippen LogP contribution in [0.1, 0.15) is 6.42 Å². The van der Waals surface area contributed by atoms with Gasteiger partial charge < -0.3 is 4.90 Å². The molecule has 1 saturated heterocycles. The highest BCUT2D eigenvalue weighted by molar-refractivity contribution is 6.30. The summed E-state index contributed by atoms with van der Waals surface area (Å²) >= 11 is 5.79. The Morgan fingerprint density at radius 3 is 2.83 bits per heavy atom. The van der Waals surface area contributed by atoms with Gasteiger partial charge in [0, 0.05) is 18.0 Å². The third-order valence-electron chi connectivity index (χ3n) is 2.61. The van der Waals surface area contributed by atoms with Crippen molar-refractivity contribution >= 4 is 23.2 Å². The molecule has 0 atom stereocenters. The van der Waals surface area contributed by atoms with Crippen molar-refractivity contribution in [2.75, 3.05) is 13.1 Å². The van der Waals surface area contributed by atoms with Gasteiger partial charge in [-0.2, -0.15) is 0 Å². The first-order valence-corrected chi connectivity index (χ1v) is 5.75. The molecule has 0 radical (unpaired) electrons. The van der Waals surface area contributed by atoms with Gasteiger partial charge in [-0.1, -0.05) is 17.7 Å². The number of likely N-dealkylation sites (tertiary alicyclic amines) is 1. The molecular weight excluding hydrogens is 264 g/mol. The summed E-state index contributed by atoms with van der Waals surface area (Å²) in [5, 5.41) is 9.47. The summed E-state index contributed by atoms with van der Waals surface area (Å²) in [6.45, 7) is -0.320. The van der Waals surface area contributed by atoms with E-state index in [9.17, 15) is 8.78 Å². The second-order valence-electron chi connectivity index (χ2n) is 4.05. The molecule has 2 rings (SSSR count). The normalized spacial score (nSPS) is 19.1. The molecule has 1 aromatic rings. The first kappa shape index (κ1) is 13.0. The number of nitrogens with one attached hydrogen (secondary N) is 1. The van der Waals surface area contributed by atoms with Crippen molar-refractivity contribution in [1.82, 2.24) is 10.4 Å². The minimum atomic E-state index is -2.74. The van der Waals surface area contributed by atoms with Crippen molar-refractivity contribution in [2.45, 2.75) is 12.3 Å². The van der Waals surface area contributed by atoms with E-state index in [1.54, 1.807) is 24.3 Å². The molecule has 0 aromatic heterocycles. The standard InChI is InChI=1S/C11H12ClF2N3O/c12-8-2-1-3-9(6-8)15-10(16-18)17-5-4-11(13,14)7-17/h1-3,6,18H,4-5,7H2,(H,15,16). The molecule has 4 nitrogen and oxygen atoms in total. The summed E-state index contributed by atoms with van der Waals surface area (Å²) in [6.07, 6.45) is -0.247. The van der Waals surface area contributed by atoms with Crippen LogP contribution in [0.3, 0.4) is 0 Å². The van der Waals surface area contributed by atoms with Gasteiger partial charge in [0.05, 0.1) is 12.2 Å². The fourth-order valence-electron chi connectivity index (χ4n) is 1.75. The predicted molar refractivity (Wildman–Crippen MR) is 64.6 cm³/mol. The number of alkyl halides is 2. The molecule has 7 heteroatoms. The topological polar surface area (TPSA) is 47.9 Å². The van der Waals surface area contributed by atoms with Crippen LogP contribution in [-0.2, 0) is 0 Å². The molecule has 18 heavy (non-hydrogen) atoms. The van der Waals surface area contributed by atoms with Gasteiger partial charge in [0.25, 0.3) is 5.92 Å². The van der Waals surface area contributed by atoms with Gasteiger partial charge in [-0.05, 0) is 18.2 Å². The lowest BCUT2D eigenvalue weighted by Gasteiger charge is -2.18. The van der Waals surface area contributed by atoms with Crippen LogP contribution >= 0.6 is 11.6 Å². The molecule has 0 unspecified atom stereocenters. The summed E-state index contributed by atoms with van der Waals surface area (Å²) in [6, 6.07) is 6.61. The zero-order valence-corrected chi connectivity index (χ0v) is 10.2. The van der Waals surface area contributed by atoms with Crippen LogP contribution < -0.4 is 5.48 Å². The van der Waals surface area contributed by atoms with E-state index < -0.39 is 12.5 Å². The average Bonchev–Trinajstić information content (AvgIpc) is 2.66. The van der Waals surface area contributed by atoms with Crippen LogP contribution in [0.25, 0.3) is 0 Å². The van der Waals surface area contributed by atoms with E-state index in [0.717, 1.165) is 0 Å². The smallest absolute Gasteiger partial charge is 0.267 e. The van der Waals surface area contributed by atoms with Crippen molar-refractivity contribution in [3.63, 3.8) is 0 Å². The second kappa shape index (κ2) is 5.07. The van der Waals surface area contributed by atoms with Gasteiger partial charge in [0.15, 0.2) is 0 Å². The number of hydrogen-bond acceptors (Lipinski definition) is 2. The van der Waals surface area contributed by atoms with Gasteiger partial charge >= 0.3 is 0 Å². The van der Waals surface area contributed by atoms with Crippen LogP contribution in [-0.4, -0.2) is 35.1 Å². The monoisotopic (exact) mass is 275 g/mol. The van der Waals surface area contributed by atoms with E-state index in [2.05, 4.69) is 4.99 Å². The molecule has 0 aliphatic carbocycles. The maximum Gasteiger partial charge on any atom is 0.267 e. The number of aliphatic imine (C=N–C) groups is 1. The van der Waals surface area contributed by atoms with E-state index in [0.29, 0.717) is 10.7 Å². The Morgan fingerprint density at radius 1 is 1.50 bits per heavy atom. The minimum absolute atomic E-state index is 0.00515. The van der Waals surface area contributed by atoms with E-state index in [4.69, 9.17) is 16.8 Å². The van der Waals surface area contributed by atoms with Crippen LogP contribution in [0.5, 0.6) is 0 Å². The van der Waals surface area contributed by atoms with Crippen LogP contribution in [0.4, 0.5) is 14.5 Å². The van der Waals surface area contributed by atoms with Crippen molar-refractivity contribution < 1.29 is 14.0 Å². The predicted octanol–water partition coefficient (Wildman–Crippen LogP) is 2.65. The Balaban J connectivity index is 2.19. The number of guanidine groups is 1. The highest BCUT2D eigenvalue weighted by Gasteiger charge is 2.39. The lowest BCUT2D eigenvalue weighted by molar-refractivity contribution is 0.0167. The van der Waals surface area contributed by atoms with Crippen molar-refractivity contribution in [3.8, 4) is 0 Å². The Kier molecular flexibility index (Phi) is 3.68. The molecule has 1 aliphatic rings. The Labute approximate surface area is 108 Å². The summed E-state index contributed by atoms with van der Waals surface area (Å²) < 4.78 is 26.1. The zero-order chi connectivity index (χ0) is 13.2. The molecular formula is C11H12ClF2N3O. The quantitative estimate of drug-likeness (QED) is 0.471. The molecule has 0 saturated carbocycles. The Hall–Kier alpha value is -1.40. The fourth-order valence-corrected chi connectivity index (χ4v) is 1.94. The van der Waals surface area contributed by atoms with Crippen molar-refractivity contribution in [2.24, 2.45) is 4.99 Å². The van der Waals surface area contributed by atoms with Crippen LogP contribution in [0.2, 0.25) is 5.02 Å². The minimum Gasteiger partial charge on any atom is -0.335 e. The molecule has 2 N–H and O–H groups in total. The van der Waals surface area contributed by atoms with Crippen molar-refractivity contribution in [1.29, 1.82) is 0 Å². The molecule has 1 aromatic carbocycles. The van der Waals surface area contributed by atoms with Gasteiger partial charge in [0.1, 0.15) is 0 Å². The molecule has 1 aliphatic heterocycles. The molecule has 98 valence electrons. The van der Waals surface area contributed by atoms with Crippen LogP contribution in [0.15, 0.2) is 29.3 Å². The Morgan fingerprint density at radius 2 is 2.28 bits per heavy atom. The number of benzene rings is 1. The lowest BCUT2D eigenvalue weighted by Crippen LogP contribution is -2.39. The largest absolute Gasteiger partial charge is 0.335 e. The van der Waals surface area contributed by atoms with Gasteiger partial charge in [-0.3, -0.25) is 5.21 Å². The highest BCUT2D eigenvalue weighted by Crippen LogP contribution is 2.27. The molecule has 0 amide bonds. The van der Waals surface area contributed by atoms with E-state index in [-0.39, 0.29) is 18.9 Å². The maximum atomic E-state index is 13.1.